The summed E-state index contributed by atoms with van der Waals surface area (Å²) < 4.78 is 6.91. The first kappa shape index (κ1) is 14.6. The predicted octanol–water partition coefficient (Wildman–Crippen LogP) is 3.30. The van der Waals surface area contributed by atoms with Crippen LogP contribution in [0.2, 0.25) is 5.02 Å². The third-order valence-corrected chi connectivity index (χ3v) is 3.66. The SMILES string of the molecule is CCn1nc(C)c(Cl)c1CC(=O)c1cccc(OC)c1. The predicted molar refractivity (Wildman–Crippen MR) is 78.7 cm³/mol. The van der Waals surface area contributed by atoms with Gasteiger partial charge in [0.05, 0.1) is 29.9 Å². The molecule has 0 spiro atoms. The van der Waals surface area contributed by atoms with E-state index in [1.54, 1.807) is 30.0 Å². The molecule has 0 fully saturated rings. The molecule has 4 nitrogen and oxygen atoms in total. The standard InChI is InChI=1S/C15H17ClN2O2/c1-4-18-13(15(16)10(2)17-18)9-14(19)11-6-5-7-12(8-11)20-3/h5-8H,4,9H2,1-3H3. The van der Waals surface area contributed by atoms with E-state index in [1.807, 2.05) is 19.9 Å². The summed E-state index contributed by atoms with van der Waals surface area (Å²) in [5.74, 6) is 0.669. The molecule has 0 unspecified atom stereocenters. The van der Waals surface area contributed by atoms with Crippen LogP contribution < -0.4 is 4.74 Å². The van der Waals surface area contributed by atoms with Gasteiger partial charge < -0.3 is 4.74 Å². The maximum atomic E-state index is 12.4. The summed E-state index contributed by atoms with van der Waals surface area (Å²) >= 11 is 6.22. The molecule has 0 aliphatic carbocycles. The van der Waals surface area contributed by atoms with Gasteiger partial charge in [-0.1, -0.05) is 23.7 Å². The van der Waals surface area contributed by atoms with Crippen molar-refractivity contribution in [3.63, 3.8) is 0 Å². The molecule has 0 atom stereocenters. The molecule has 0 saturated heterocycles. The lowest BCUT2D eigenvalue weighted by Gasteiger charge is -2.06. The van der Waals surface area contributed by atoms with Gasteiger partial charge in [-0.15, -0.1) is 0 Å². The van der Waals surface area contributed by atoms with Gasteiger partial charge >= 0.3 is 0 Å². The Morgan fingerprint density at radius 3 is 2.85 bits per heavy atom. The van der Waals surface area contributed by atoms with Gasteiger partial charge in [0, 0.05) is 12.1 Å². The Morgan fingerprint density at radius 2 is 2.20 bits per heavy atom. The van der Waals surface area contributed by atoms with Crippen molar-refractivity contribution in [2.45, 2.75) is 26.8 Å². The van der Waals surface area contributed by atoms with Crippen LogP contribution in [0.4, 0.5) is 0 Å². The van der Waals surface area contributed by atoms with Crippen LogP contribution in [0.15, 0.2) is 24.3 Å². The zero-order valence-electron chi connectivity index (χ0n) is 11.8. The van der Waals surface area contributed by atoms with Crippen molar-refractivity contribution < 1.29 is 9.53 Å². The Morgan fingerprint density at radius 1 is 1.45 bits per heavy atom. The van der Waals surface area contributed by atoms with Crippen molar-refractivity contribution in [2.75, 3.05) is 7.11 Å². The summed E-state index contributed by atoms with van der Waals surface area (Å²) in [5.41, 5.74) is 2.13. The van der Waals surface area contributed by atoms with Crippen LogP contribution in [0.5, 0.6) is 5.75 Å². The Labute approximate surface area is 123 Å². The zero-order chi connectivity index (χ0) is 14.7. The van der Waals surface area contributed by atoms with Crippen molar-refractivity contribution in [1.29, 1.82) is 0 Å². The maximum absolute atomic E-state index is 12.4. The Balaban J connectivity index is 2.27. The van der Waals surface area contributed by atoms with Gasteiger partial charge in [0.1, 0.15) is 5.75 Å². The number of benzene rings is 1. The van der Waals surface area contributed by atoms with Crippen molar-refractivity contribution in [3.8, 4) is 5.75 Å². The molecular weight excluding hydrogens is 276 g/mol. The van der Waals surface area contributed by atoms with E-state index in [1.165, 1.54) is 0 Å². The minimum Gasteiger partial charge on any atom is -0.497 e. The maximum Gasteiger partial charge on any atom is 0.168 e. The molecule has 0 N–H and O–H groups in total. The highest BCUT2D eigenvalue weighted by atomic mass is 35.5. The number of carbonyl (C=O) groups is 1. The van der Waals surface area contributed by atoms with Crippen molar-refractivity contribution >= 4 is 17.4 Å². The van der Waals surface area contributed by atoms with Crippen molar-refractivity contribution in [2.24, 2.45) is 0 Å². The van der Waals surface area contributed by atoms with Crippen LogP contribution in [0.25, 0.3) is 0 Å². The van der Waals surface area contributed by atoms with Crippen molar-refractivity contribution in [1.82, 2.24) is 9.78 Å². The van der Waals surface area contributed by atoms with E-state index in [9.17, 15) is 4.79 Å². The number of carbonyl (C=O) groups excluding carboxylic acids is 1. The first-order valence-corrected chi connectivity index (χ1v) is 6.83. The number of Topliss-reactive ketones (excluding diaryl/α,β-unsaturated/α-hetero) is 1. The van der Waals surface area contributed by atoms with E-state index in [-0.39, 0.29) is 12.2 Å². The van der Waals surface area contributed by atoms with Crippen LogP contribution in [-0.4, -0.2) is 22.7 Å². The number of hydrogen-bond acceptors (Lipinski definition) is 3. The molecule has 0 bridgehead atoms. The molecule has 5 heteroatoms. The van der Waals surface area contributed by atoms with Gasteiger partial charge in [-0.05, 0) is 26.0 Å². The lowest BCUT2D eigenvalue weighted by molar-refractivity contribution is 0.0990. The third-order valence-electron chi connectivity index (χ3n) is 3.17. The number of ketones is 1. The molecule has 0 radical (unpaired) electrons. The Bertz CT molecular complexity index is 635. The number of aromatic nitrogens is 2. The van der Waals surface area contributed by atoms with Crippen LogP contribution in [0.1, 0.15) is 28.7 Å². The summed E-state index contributed by atoms with van der Waals surface area (Å²) in [5, 5.41) is 4.89. The molecule has 0 saturated carbocycles. The number of nitrogens with zero attached hydrogens (tertiary/aromatic N) is 2. The highest BCUT2D eigenvalue weighted by Crippen LogP contribution is 2.22. The van der Waals surface area contributed by atoms with Gasteiger partial charge in [0.15, 0.2) is 5.78 Å². The lowest BCUT2D eigenvalue weighted by Crippen LogP contribution is -2.10. The van der Waals surface area contributed by atoms with E-state index in [0.717, 1.165) is 11.4 Å². The van der Waals surface area contributed by atoms with E-state index < -0.39 is 0 Å². The van der Waals surface area contributed by atoms with Gasteiger partial charge in [0.2, 0.25) is 0 Å². The summed E-state index contributed by atoms with van der Waals surface area (Å²) in [6.45, 7) is 4.50. The first-order valence-electron chi connectivity index (χ1n) is 6.45. The van der Waals surface area contributed by atoms with Crippen LogP contribution in [0.3, 0.4) is 0 Å². The lowest BCUT2D eigenvalue weighted by atomic mass is 10.1. The molecule has 0 aliphatic rings. The number of hydrogen-bond donors (Lipinski definition) is 0. The van der Waals surface area contributed by atoms with Crippen LogP contribution in [0, 0.1) is 6.92 Å². The first-order chi connectivity index (χ1) is 9.56. The topological polar surface area (TPSA) is 44.1 Å². The number of methoxy groups -OCH3 is 1. The second-order valence-electron chi connectivity index (χ2n) is 4.49. The summed E-state index contributed by atoms with van der Waals surface area (Å²) in [4.78, 5) is 12.4. The second kappa shape index (κ2) is 6.09. The molecule has 0 aliphatic heterocycles. The Hall–Kier alpha value is -1.81. The quantitative estimate of drug-likeness (QED) is 0.794. The molecule has 0 amide bonds. The summed E-state index contributed by atoms with van der Waals surface area (Å²) in [6.07, 6.45) is 0.237. The third kappa shape index (κ3) is 2.85. The highest BCUT2D eigenvalue weighted by Gasteiger charge is 2.17. The fourth-order valence-corrected chi connectivity index (χ4v) is 2.29. The minimum atomic E-state index is 0.000370. The molecule has 106 valence electrons. The van der Waals surface area contributed by atoms with Crippen LogP contribution >= 0.6 is 11.6 Å². The Kier molecular flexibility index (Phi) is 4.45. The van der Waals surface area contributed by atoms with E-state index in [4.69, 9.17) is 16.3 Å². The van der Waals surface area contributed by atoms with E-state index in [2.05, 4.69) is 5.10 Å². The van der Waals surface area contributed by atoms with Gasteiger partial charge in [0.25, 0.3) is 0 Å². The average Bonchev–Trinajstić information content (AvgIpc) is 2.75. The monoisotopic (exact) mass is 292 g/mol. The fourth-order valence-electron chi connectivity index (χ4n) is 2.09. The van der Waals surface area contributed by atoms with Crippen LogP contribution in [-0.2, 0) is 13.0 Å². The summed E-state index contributed by atoms with van der Waals surface area (Å²) in [7, 11) is 1.58. The fraction of sp³-hybridized carbons (Fsp3) is 0.333. The molecule has 2 rings (SSSR count). The van der Waals surface area contributed by atoms with Gasteiger partial charge in [-0.25, -0.2) is 0 Å². The smallest absolute Gasteiger partial charge is 0.168 e. The van der Waals surface area contributed by atoms with E-state index >= 15 is 0 Å². The largest absolute Gasteiger partial charge is 0.497 e. The van der Waals surface area contributed by atoms with E-state index in [0.29, 0.717) is 22.9 Å². The molecule has 1 aromatic carbocycles. The minimum absolute atomic E-state index is 0.000370. The zero-order valence-corrected chi connectivity index (χ0v) is 12.6. The number of halogens is 1. The molecule has 1 heterocycles. The summed E-state index contributed by atoms with van der Waals surface area (Å²) in [6, 6.07) is 7.12. The molecular formula is C15H17ClN2O2. The normalized spacial score (nSPS) is 10.6. The molecule has 1 aromatic heterocycles. The average molecular weight is 293 g/mol. The second-order valence-corrected chi connectivity index (χ2v) is 4.87. The van der Waals surface area contributed by atoms with Gasteiger partial charge in [-0.2, -0.15) is 5.10 Å². The van der Waals surface area contributed by atoms with Crippen molar-refractivity contribution in [3.05, 3.63) is 46.2 Å². The number of ether oxygens (including phenoxy) is 1. The molecule has 20 heavy (non-hydrogen) atoms. The molecule has 2 aromatic rings. The number of rotatable bonds is 5. The number of aryl methyl sites for hydroxylation is 2. The highest BCUT2D eigenvalue weighted by molar-refractivity contribution is 6.32. The van der Waals surface area contributed by atoms with Gasteiger partial charge in [-0.3, -0.25) is 9.48 Å².